The minimum Gasteiger partial charge on any atom is -0.487 e. The van der Waals surface area contributed by atoms with E-state index < -0.39 is 31.4 Å². The van der Waals surface area contributed by atoms with Gasteiger partial charge in [-0.05, 0) is 60.0 Å². The number of anilines is 2. The van der Waals surface area contributed by atoms with Crippen molar-refractivity contribution in [3.8, 4) is 16.9 Å². The molecule has 1 heterocycles. The number of aromatic nitrogens is 2. The van der Waals surface area contributed by atoms with E-state index >= 15 is 0 Å². The molecule has 1 amide bonds. The van der Waals surface area contributed by atoms with Gasteiger partial charge in [-0.3, -0.25) is 13.9 Å². The normalized spacial score (nSPS) is 11.3. The lowest BCUT2D eigenvalue weighted by molar-refractivity contribution is 0.0950. The van der Waals surface area contributed by atoms with Crippen LogP contribution in [0.1, 0.15) is 27.2 Å². The Labute approximate surface area is 261 Å². The summed E-state index contributed by atoms with van der Waals surface area (Å²) in [5.41, 5.74) is 14.9. The second kappa shape index (κ2) is 14.1. The fourth-order valence-electron chi connectivity index (χ4n) is 3.75. The Kier molecular flexibility index (Phi) is 11.1. The Hall–Kier alpha value is -4.06. The molecule has 0 aliphatic heterocycles. The first-order chi connectivity index (χ1) is 20.4. The number of carbonyl (C=O) groups is 1. The molecular weight excluding hydrogens is 664 g/mol. The van der Waals surface area contributed by atoms with Crippen LogP contribution in [-0.4, -0.2) is 41.8 Å². The molecule has 0 spiro atoms. The van der Waals surface area contributed by atoms with Gasteiger partial charge in [0.25, 0.3) is 5.91 Å². The molecule has 0 radical (unpaired) electrons. The summed E-state index contributed by atoms with van der Waals surface area (Å²) in [6.07, 6.45) is 0. The molecule has 0 aliphatic rings. The largest absolute Gasteiger partial charge is 0.487 e. The van der Waals surface area contributed by atoms with Gasteiger partial charge in [0.1, 0.15) is 18.2 Å². The number of amides is 1. The summed E-state index contributed by atoms with van der Waals surface area (Å²) < 4.78 is 73.2. The van der Waals surface area contributed by atoms with Gasteiger partial charge in [0, 0.05) is 17.7 Å². The van der Waals surface area contributed by atoms with Crippen LogP contribution < -0.4 is 21.5 Å². The summed E-state index contributed by atoms with van der Waals surface area (Å²) in [5, 5.41) is 3.43. The second-order valence-electron chi connectivity index (χ2n) is 8.90. The summed E-state index contributed by atoms with van der Waals surface area (Å²) in [6, 6.07) is 15.4. The highest BCUT2D eigenvalue weighted by atomic mass is 35.5. The second-order valence-corrected chi connectivity index (χ2v) is 12.0. The summed E-state index contributed by atoms with van der Waals surface area (Å²) in [4.78, 5) is 20.3. The number of hydrogen-bond donors (Lipinski definition) is 5. The van der Waals surface area contributed by atoms with Crippen molar-refractivity contribution >= 4 is 61.5 Å². The number of nitrogen functional groups attached to an aromatic ring is 2. The number of aryl methyl sites for hydroxylation is 1. The number of carbonyl (C=O) groups excluding carboxylic acids is 1. The van der Waals surface area contributed by atoms with Crippen LogP contribution in [0.5, 0.6) is 5.75 Å². The number of rotatable bonds is 8. The Balaban J connectivity index is 0.000000978. The van der Waals surface area contributed by atoms with Crippen LogP contribution in [0, 0.1) is 6.92 Å². The van der Waals surface area contributed by atoms with Gasteiger partial charge >= 0.3 is 20.6 Å². The lowest BCUT2D eigenvalue weighted by Gasteiger charge is -2.14. The van der Waals surface area contributed by atoms with E-state index in [1.54, 1.807) is 49.4 Å². The summed E-state index contributed by atoms with van der Waals surface area (Å²) in [5.74, 6) is 0.131. The standard InChI is InChI=1S/C26H22Cl2FN5O4S.H2O4S/c1-14-2-8-18(39(29,36)37)11-19(14)25(35)32-12-15-3-6-17(7-4-15)38-13-22-23(24(30)34-26(31)33-22)16-5-9-20(27)21(28)10-16;1-5(2,3)4/h2-11H,12-13H2,1H3,(H,32,35)(H4,30,31,33,34);(H2,1,2,3,4). The lowest BCUT2D eigenvalue weighted by Crippen LogP contribution is -2.23. The Morgan fingerprint density at radius 1 is 0.955 bits per heavy atom. The van der Waals surface area contributed by atoms with E-state index in [4.69, 9.17) is 56.9 Å². The third kappa shape index (κ3) is 10.0. The molecule has 234 valence electrons. The van der Waals surface area contributed by atoms with Crippen LogP contribution in [-0.2, 0) is 33.8 Å². The Morgan fingerprint density at radius 2 is 1.59 bits per heavy atom. The first-order valence-corrected chi connectivity index (χ1v) is 15.6. The minimum absolute atomic E-state index is 0.00844. The molecule has 0 bridgehead atoms. The third-order valence-electron chi connectivity index (χ3n) is 5.72. The molecule has 0 fully saturated rings. The summed E-state index contributed by atoms with van der Waals surface area (Å²) in [6.45, 7) is 1.79. The van der Waals surface area contributed by atoms with Crippen LogP contribution in [0.2, 0.25) is 10.0 Å². The van der Waals surface area contributed by atoms with Crippen molar-refractivity contribution in [1.82, 2.24) is 15.3 Å². The fourth-order valence-corrected chi connectivity index (χ4v) is 4.53. The molecule has 13 nitrogen and oxygen atoms in total. The minimum atomic E-state index is -4.93. The Morgan fingerprint density at radius 3 is 2.18 bits per heavy atom. The maximum Gasteiger partial charge on any atom is 0.394 e. The van der Waals surface area contributed by atoms with Crippen molar-refractivity contribution in [3.63, 3.8) is 0 Å². The van der Waals surface area contributed by atoms with E-state index in [2.05, 4.69) is 15.3 Å². The molecule has 0 atom stereocenters. The number of halogens is 3. The number of nitrogens with two attached hydrogens (primary N) is 2. The van der Waals surface area contributed by atoms with Crippen LogP contribution in [0.25, 0.3) is 11.1 Å². The molecule has 0 saturated heterocycles. The number of hydrogen-bond acceptors (Lipinski definition) is 10. The first-order valence-electron chi connectivity index (χ1n) is 12.0. The zero-order chi connectivity index (χ0) is 32.8. The third-order valence-corrected chi connectivity index (χ3v) is 7.28. The molecule has 3 aromatic carbocycles. The van der Waals surface area contributed by atoms with Gasteiger partial charge in [-0.1, -0.05) is 47.5 Å². The molecule has 4 aromatic rings. The van der Waals surface area contributed by atoms with E-state index in [0.29, 0.717) is 38.2 Å². The number of nitrogens with one attached hydrogen (secondary N) is 1. The lowest BCUT2D eigenvalue weighted by atomic mass is 10.0. The van der Waals surface area contributed by atoms with Gasteiger partial charge < -0.3 is 21.5 Å². The van der Waals surface area contributed by atoms with Crippen molar-refractivity contribution in [1.29, 1.82) is 0 Å². The average molecular weight is 689 g/mol. The smallest absolute Gasteiger partial charge is 0.394 e. The molecule has 18 heteroatoms. The van der Waals surface area contributed by atoms with Gasteiger partial charge in [0.2, 0.25) is 5.95 Å². The molecule has 44 heavy (non-hydrogen) atoms. The predicted octanol–water partition coefficient (Wildman–Crippen LogP) is 4.44. The number of nitrogens with zero attached hydrogens (tertiary/aromatic N) is 2. The summed E-state index contributed by atoms with van der Waals surface area (Å²) >= 11 is 12.2. The van der Waals surface area contributed by atoms with Crippen LogP contribution in [0.15, 0.2) is 65.6 Å². The Bertz CT molecular complexity index is 1900. The predicted molar refractivity (Wildman–Crippen MR) is 162 cm³/mol. The van der Waals surface area contributed by atoms with Crippen molar-refractivity contribution < 1.29 is 39.4 Å². The maximum absolute atomic E-state index is 13.3. The van der Waals surface area contributed by atoms with E-state index in [-0.39, 0.29) is 30.5 Å². The van der Waals surface area contributed by atoms with Crippen LogP contribution >= 0.6 is 23.2 Å². The highest BCUT2D eigenvalue weighted by molar-refractivity contribution is 7.86. The molecule has 1 aromatic heterocycles. The number of benzene rings is 3. The number of ether oxygens (including phenoxy) is 1. The van der Waals surface area contributed by atoms with Gasteiger partial charge in [-0.2, -0.15) is 21.8 Å². The highest BCUT2D eigenvalue weighted by Crippen LogP contribution is 2.33. The molecule has 4 rings (SSSR count). The molecule has 0 aliphatic carbocycles. The van der Waals surface area contributed by atoms with E-state index in [1.807, 2.05) is 0 Å². The summed E-state index contributed by atoms with van der Waals surface area (Å²) in [7, 11) is -9.59. The van der Waals surface area contributed by atoms with E-state index in [9.17, 15) is 17.1 Å². The van der Waals surface area contributed by atoms with E-state index in [0.717, 1.165) is 17.7 Å². The van der Waals surface area contributed by atoms with Gasteiger partial charge in [-0.25, -0.2) is 4.98 Å². The fraction of sp³-hybridized carbons (Fsp3) is 0.115. The first kappa shape index (κ1) is 34.4. The van der Waals surface area contributed by atoms with Gasteiger partial charge in [0.15, 0.2) is 0 Å². The van der Waals surface area contributed by atoms with Gasteiger partial charge in [-0.15, -0.1) is 3.89 Å². The zero-order valence-electron chi connectivity index (χ0n) is 22.5. The van der Waals surface area contributed by atoms with Crippen molar-refractivity contribution in [3.05, 3.63) is 93.1 Å². The van der Waals surface area contributed by atoms with E-state index in [1.165, 1.54) is 6.07 Å². The quantitative estimate of drug-likeness (QED) is 0.128. The van der Waals surface area contributed by atoms with Crippen molar-refractivity contribution in [2.24, 2.45) is 0 Å². The zero-order valence-corrected chi connectivity index (χ0v) is 25.7. The highest BCUT2D eigenvalue weighted by Gasteiger charge is 2.18. The molecule has 0 unspecified atom stereocenters. The average Bonchev–Trinajstić information content (AvgIpc) is 2.91. The molecule has 7 N–H and O–H groups in total. The van der Waals surface area contributed by atoms with Crippen molar-refractivity contribution in [2.45, 2.75) is 25.0 Å². The van der Waals surface area contributed by atoms with Crippen molar-refractivity contribution in [2.75, 3.05) is 11.5 Å². The van der Waals surface area contributed by atoms with Crippen LogP contribution in [0.3, 0.4) is 0 Å². The molecule has 0 saturated carbocycles. The topological polar surface area (TPSA) is 225 Å². The SMILES string of the molecule is Cc1ccc(S(=O)(=O)F)cc1C(=O)NCc1ccc(OCc2nc(N)nc(N)c2-c2ccc(Cl)c(Cl)c2)cc1.O=S(=O)(O)O. The maximum atomic E-state index is 13.3. The molecular formula is C26H24Cl2FN5O8S2. The van der Waals surface area contributed by atoms with Crippen LogP contribution in [0.4, 0.5) is 15.7 Å². The monoisotopic (exact) mass is 687 g/mol. The van der Waals surface area contributed by atoms with Gasteiger partial charge in [0.05, 0.1) is 20.6 Å².